The van der Waals surface area contributed by atoms with Gasteiger partial charge in [-0.1, -0.05) is 12.1 Å². The summed E-state index contributed by atoms with van der Waals surface area (Å²) in [6.07, 6.45) is 1.47. The van der Waals surface area contributed by atoms with Crippen LogP contribution < -0.4 is 10.2 Å². The maximum Gasteiger partial charge on any atom is 0.272 e. The third-order valence-corrected chi connectivity index (χ3v) is 4.14. The monoisotopic (exact) mass is 440 g/mol. The van der Waals surface area contributed by atoms with Crippen molar-refractivity contribution in [2.45, 2.75) is 6.92 Å². The molecule has 0 saturated heterocycles. The highest BCUT2D eigenvalue weighted by Crippen LogP contribution is 2.35. The molecule has 1 amide bonds. The van der Waals surface area contributed by atoms with Crippen molar-refractivity contribution in [2.24, 2.45) is 5.10 Å². The number of rotatable bonds is 5. The normalized spacial score (nSPS) is 10.7. The minimum absolute atomic E-state index is 0.0289. The van der Waals surface area contributed by atoms with Crippen LogP contribution in [0.2, 0.25) is 0 Å². The van der Waals surface area contributed by atoms with Crippen molar-refractivity contribution in [1.29, 1.82) is 0 Å². The molecular formula is C16H14Br2N2O3. The molecule has 0 aliphatic heterocycles. The molecule has 0 bridgehead atoms. The Morgan fingerprint density at radius 3 is 2.74 bits per heavy atom. The quantitative estimate of drug-likeness (QED) is 0.542. The first kappa shape index (κ1) is 17.5. The van der Waals surface area contributed by atoms with E-state index in [1.807, 2.05) is 13.0 Å². The van der Waals surface area contributed by atoms with Gasteiger partial charge in [-0.3, -0.25) is 4.79 Å². The fourth-order valence-corrected chi connectivity index (χ4v) is 2.73. The second kappa shape index (κ2) is 8.12. The molecule has 2 N–H and O–H groups in total. The van der Waals surface area contributed by atoms with Gasteiger partial charge in [-0.2, -0.15) is 5.10 Å². The molecule has 7 heteroatoms. The summed E-state index contributed by atoms with van der Waals surface area (Å²) in [5.74, 6) is 0.0540. The summed E-state index contributed by atoms with van der Waals surface area (Å²) in [6, 6.07) is 10.4. The van der Waals surface area contributed by atoms with Gasteiger partial charge < -0.3 is 9.84 Å². The van der Waals surface area contributed by atoms with Crippen LogP contribution in [0.25, 0.3) is 0 Å². The molecule has 2 aromatic carbocycles. The Labute approximate surface area is 150 Å². The molecule has 0 atom stereocenters. The summed E-state index contributed by atoms with van der Waals surface area (Å²) in [6.45, 7) is 2.26. The molecule has 0 spiro atoms. The third kappa shape index (κ3) is 4.56. The van der Waals surface area contributed by atoms with Gasteiger partial charge in [0.2, 0.25) is 0 Å². The Kier molecular flexibility index (Phi) is 6.18. The van der Waals surface area contributed by atoms with Crippen LogP contribution in [-0.4, -0.2) is 23.8 Å². The van der Waals surface area contributed by atoms with E-state index in [0.717, 1.165) is 0 Å². The smallest absolute Gasteiger partial charge is 0.272 e. The number of halogens is 2. The van der Waals surface area contributed by atoms with E-state index >= 15 is 0 Å². The van der Waals surface area contributed by atoms with Crippen molar-refractivity contribution >= 4 is 44.0 Å². The van der Waals surface area contributed by atoms with Crippen molar-refractivity contribution in [3.05, 3.63) is 56.5 Å². The Hall–Kier alpha value is -1.86. The van der Waals surface area contributed by atoms with Crippen molar-refractivity contribution in [1.82, 2.24) is 5.43 Å². The first-order chi connectivity index (χ1) is 11.0. The molecule has 0 saturated carbocycles. The molecule has 2 aromatic rings. The number of ether oxygens (including phenoxy) is 1. The lowest BCUT2D eigenvalue weighted by molar-refractivity contribution is 0.0954. The number of carbonyl (C=O) groups excluding carboxylic acids is 1. The highest BCUT2D eigenvalue weighted by atomic mass is 79.9. The number of hydrazone groups is 1. The lowest BCUT2D eigenvalue weighted by Gasteiger charge is -2.08. The predicted molar refractivity (Wildman–Crippen MR) is 96.2 cm³/mol. The Balaban J connectivity index is 2.12. The van der Waals surface area contributed by atoms with E-state index in [4.69, 9.17) is 4.74 Å². The average molecular weight is 442 g/mol. The fourth-order valence-electron chi connectivity index (χ4n) is 1.80. The number of amides is 1. The Morgan fingerprint density at radius 1 is 1.30 bits per heavy atom. The summed E-state index contributed by atoms with van der Waals surface area (Å²) < 4.78 is 6.52. The van der Waals surface area contributed by atoms with Gasteiger partial charge in [0, 0.05) is 4.47 Å². The number of hydrogen-bond acceptors (Lipinski definition) is 4. The van der Waals surface area contributed by atoms with E-state index in [1.165, 1.54) is 6.21 Å². The molecule has 0 aliphatic rings. The van der Waals surface area contributed by atoms with Crippen molar-refractivity contribution in [3.8, 4) is 11.5 Å². The number of aromatic hydroxyl groups is 1. The van der Waals surface area contributed by atoms with Crippen LogP contribution in [0.1, 0.15) is 22.8 Å². The van der Waals surface area contributed by atoms with Gasteiger partial charge in [0.15, 0.2) is 11.5 Å². The summed E-state index contributed by atoms with van der Waals surface area (Å²) >= 11 is 6.56. The van der Waals surface area contributed by atoms with E-state index in [0.29, 0.717) is 32.4 Å². The molecule has 2 rings (SSSR count). The highest BCUT2D eigenvalue weighted by molar-refractivity contribution is 9.10. The van der Waals surface area contributed by atoms with Gasteiger partial charge in [0.1, 0.15) is 0 Å². The van der Waals surface area contributed by atoms with Gasteiger partial charge in [-0.15, -0.1) is 0 Å². The second-order valence-electron chi connectivity index (χ2n) is 4.46. The molecule has 23 heavy (non-hydrogen) atoms. The van der Waals surface area contributed by atoms with E-state index in [9.17, 15) is 9.90 Å². The van der Waals surface area contributed by atoms with Gasteiger partial charge >= 0.3 is 0 Å². The second-order valence-corrected chi connectivity index (χ2v) is 6.17. The maximum atomic E-state index is 12.0. The fraction of sp³-hybridized carbons (Fsp3) is 0.125. The molecule has 0 unspecified atom stereocenters. The van der Waals surface area contributed by atoms with Gasteiger partial charge in [-0.25, -0.2) is 5.43 Å². The van der Waals surface area contributed by atoms with Gasteiger partial charge in [0.25, 0.3) is 5.91 Å². The molecule has 5 nitrogen and oxygen atoms in total. The molecule has 0 fully saturated rings. The van der Waals surface area contributed by atoms with Crippen LogP contribution in [0, 0.1) is 0 Å². The zero-order valence-electron chi connectivity index (χ0n) is 12.2. The summed E-state index contributed by atoms with van der Waals surface area (Å²) in [5, 5.41) is 13.8. The molecule has 0 aromatic heterocycles. The van der Waals surface area contributed by atoms with Crippen LogP contribution in [0.3, 0.4) is 0 Å². The van der Waals surface area contributed by atoms with E-state index in [1.54, 1.807) is 30.3 Å². The Morgan fingerprint density at radius 2 is 2.04 bits per heavy atom. The van der Waals surface area contributed by atoms with Crippen molar-refractivity contribution in [3.63, 3.8) is 0 Å². The highest BCUT2D eigenvalue weighted by Gasteiger charge is 2.09. The first-order valence-corrected chi connectivity index (χ1v) is 8.34. The molecule has 120 valence electrons. The largest absolute Gasteiger partial charge is 0.503 e. The minimum atomic E-state index is -0.323. The molecule has 0 aliphatic carbocycles. The zero-order valence-corrected chi connectivity index (χ0v) is 15.4. The summed E-state index contributed by atoms with van der Waals surface area (Å²) in [5.41, 5.74) is 3.62. The topological polar surface area (TPSA) is 70.9 Å². The number of benzene rings is 2. The van der Waals surface area contributed by atoms with Crippen LogP contribution in [0.15, 0.2) is 50.4 Å². The lowest BCUT2D eigenvalue weighted by atomic mass is 10.2. The summed E-state index contributed by atoms with van der Waals surface area (Å²) in [7, 11) is 0. The van der Waals surface area contributed by atoms with E-state index in [2.05, 4.69) is 42.4 Å². The van der Waals surface area contributed by atoms with Gasteiger partial charge in [0.05, 0.1) is 22.9 Å². The lowest BCUT2D eigenvalue weighted by Crippen LogP contribution is -2.18. The number of hydrogen-bond donors (Lipinski definition) is 2. The van der Waals surface area contributed by atoms with Crippen molar-refractivity contribution in [2.75, 3.05) is 6.61 Å². The molecular weight excluding hydrogens is 428 g/mol. The van der Waals surface area contributed by atoms with Gasteiger partial charge in [-0.05, 0) is 68.6 Å². The number of phenols is 1. The first-order valence-electron chi connectivity index (χ1n) is 6.76. The number of phenolic OH excluding ortho intramolecular Hbond substituents is 1. The number of nitrogens with one attached hydrogen (secondary N) is 1. The minimum Gasteiger partial charge on any atom is -0.503 e. The van der Waals surface area contributed by atoms with E-state index in [-0.39, 0.29) is 11.7 Å². The van der Waals surface area contributed by atoms with Crippen LogP contribution >= 0.6 is 31.9 Å². The standard InChI is InChI=1S/C16H14Br2N2O3/c1-2-23-14-8-10(7-13(18)15(14)21)9-19-20-16(22)11-5-3-4-6-12(11)17/h3-9,21H,2H2,1H3,(H,20,22)/b19-9+. The van der Waals surface area contributed by atoms with E-state index < -0.39 is 0 Å². The summed E-state index contributed by atoms with van der Waals surface area (Å²) in [4.78, 5) is 12.0. The molecule has 0 heterocycles. The molecule has 0 radical (unpaired) electrons. The van der Waals surface area contributed by atoms with Crippen molar-refractivity contribution < 1.29 is 14.6 Å². The zero-order chi connectivity index (χ0) is 16.8. The maximum absolute atomic E-state index is 12.0. The number of nitrogens with zero attached hydrogens (tertiary/aromatic N) is 1. The Bertz CT molecular complexity index is 748. The number of carbonyl (C=O) groups is 1. The SMILES string of the molecule is CCOc1cc(/C=N/NC(=O)c2ccccc2Br)cc(Br)c1O. The van der Waals surface area contributed by atoms with Crippen LogP contribution in [-0.2, 0) is 0 Å². The predicted octanol–water partition coefficient (Wildman–Crippen LogP) is 4.08. The average Bonchev–Trinajstić information content (AvgIpc) is 2.52. The van der Waals surface area contributed by atoms with Crippen LogP contribution in [0.4, 0.5) is 0 Å². The third-order valence-electron chi connectivity index (χ3n) is 2.85. The van der Waals surface area contributed by atoms with Crippen LogP contribution in [0.5, 0.6) is 11.5 Å².